The first-order chi connectivity index (χ1) is 12.0. The topological polar surface area (TPSA) is 41.3 Å². The Kier molecular flexibility index (Phi) is 6.51. The molecule has 0 bridgehead atoms. The van der Waals surface area contributed by atoms with E-state index < -0.39 is 0 Å². The summed E-state index contributed by atoms with van der Waals surface area (Å²) in [6.07, 6.45) is 3.49. The molecule has 0 radical (unpaired) electrons. The molecule has 2 aromatic rings. The van der Waals surface area contributed by atoms with Gasteiger partial charge < -0.3 is 16.0 Å². The van der Waals surface area contributed by atoms with Crippen LogP contribution in [-0.4, -0.2) is 11.9 Å². The fourth-order valence-corrected chi connectivity index (χ4v) is 3.13. The van der Waals surface area contributed by atoms with Gasteiger partial charge in [0.2, 0.25) is 0 Å². The fourth-order valence-electron chi connectivity index (χ4n) is 3.13. The molecule has 2 rings (SSSR count). The van der Waals surface area contributed by atoms with Crippen molar-refractivity contribution in [1.29, 1.82) is 0 Å². The molecular weight excluding hydrogens is 306 g/mol. The van der Waals surface area contributed by atoms with Gasteiger partial charge in [-0.25, -0.2) is 0 Å². The van der Waals surface area contributed by atoms with E-state index >= 15 is 0 Å². The Morgan fingerprint density at radius 1 is 0.880 bits per heavy atom. The lowest BCUT2D eigenvalue weighted by Gasteiger charge is -2.32. The largest absolute Gasteiger partial charge is 0.403 e. The molecular formula is C22H31N3. The summed E-state index contributed by atoms with van der Waals surface area (Å²) in [5.41, 5.74) is 10.8. The second kappa shape index (κ2) is 8.61. The number of nitrogens with two attached hydrogens (primary N) is 1. The Bertz CT molecular complexity index is 663. The van der Waals surface area contributed by atoms with Crippen LogP contribution in [0.1, 0.15) is 62.4 Å². The number of nitrogens with one attached hydrogen (secondary N) is 1. The monoisotopic (exact) mass is 337 g/mol. The fraction of sp³-hybridized carbons (Fsp3) is 0.364. The van der Waals surface area contributed by atoms with Crippen molar-refractivity contribution >= 4 is 5.69 Å². The zero-order chi connectivity index (χ0) is 18.4. The summed E-state index contributed by atoms with van der Waals surface area (Å²) in [4.78, 5) is 2.11. The van der Waals surface area contributed by atoms with Crippen LogP contribution in [0.15, 0.2) is 60.9 Å². The molecule has 0 saturated heterocycles. The summed E-state index contributed by atoms with van der Waals surface area (Å²) in [5.74, 6) is 0.904. The van der Waals surface area contributed by atoms with Crippen LogP contribution in [0.25, 0.3) is 0 Å². The van der Waals surface area contributed by atoms with Crippen LogP contribution in [0.4, 0.5) is 5.69 Å². The highest BCUT2D eigenvalue weighted by Crippen LogP contribution is 2.35. The average molecular weight is 338 g/mol. The zero-order valence-corrected chi connectivity index (χ0v) is 16.0. The van der Waals surface area contributed by atoms with Crippen molar-refractivity contribution in [2.45, 2.75) is 45.7 Å². The van der Waals surface area contributed by atoms with Gasteiger partial charge in [-0.2, -0.15) is 0 Å². The zero-order valence-electron chi connectivity index (χ0n) is 16.0. The summed E-state index contributed by atoms with van der Waals surface area (Å²) in [7, 11) is 2.04. The third-order valence-corrected chi connectivity index (χ3v) is 4.50. The predicted octanol–water partition coefficient (Wildman–Crippen LogP) is 5.41. The van der Waals surface area contributed by atoms with E-state index in [1.54, 1.807) is 6.20 Å². The number of anilines is 1. The molecule has 0 aromatic heterocycles. The Balaban J connectivity index is 2.52. The van der Waals surface area contributed by atoms with Gasteiger partial charge >= 0.3 is 0 Å². The van der Waals surface area contributed by atoms with Crippen LogP contribution in [0, 0.1) is 0 Å². The van der Waals surface area contributed by atoms with Crippen molar-refractivity contribution in [2.24, 2.45) is 5.73 Å². The van der Waals surface area contributed by atoms with Crippen molar-refractivity contribution in [3.05, 3.63) is 77.6 Å². The first-order valence-electron chi connectivity index (χ1n) is 9.00. The second-order valence-electron chi connectivity index (χ2n) is 7.09. The van der Waals surface area contributed by atoms with E-state index in [1.165, 1.54) is 22.4 Å². The molecule has 0 amide bonds. The van der Waals surface area contributed by atoms with Gasteiger partial charge in [0.1, 0.15) is 6.17 Å². The van der Waals surface area contributed by atoms with Gasteiger partial charge in [0.05, 0.1) is 0 Å². The molecule has 0 fully saturated rings. The van der Waals surface area contributed by atoms with Gasteiger partial charge in [-0.1, -0.05) is 76.2 Å². The SMILES string of the molecule is CC(C)c1cccc(C(C)C)c1NC(c1ccccc1)N(C)/C=C/N. The molecule has 3 N–H and O–H groups in total. The maximum Gasteiger partial charge on any atom is 0.125 e. The van der Waals surface area contributed by atoms with Crippen molar-refractivity contribution < 1.29 is 0 Å². The van der Waals surface area contributed by atoms with E-state index in [-0.39, 0.29) is 6.17 Å². The van der Waals surface area contributed by atoms with Crippen LogP contribution in [0.3, 0.4) is 0 Å². The lowest BCUT2D eigenvalue weighted by molar-refractivity contribution is 0.369. The summed E-state index contributed by atoms with van der Waals surface area (Å²) in [5, 5.41) is 3.80. The van der Waals surface area contributed by atoms with Gasteiger partial charge in [0.25, 0.3) is 0 Å². The van der Waals surface area contributed by atoms with Crippen molar-refractivity contribution in [3.8, 4) is 0 Å². The highest BCUT2D eigenvalue weighted by atomic mass is 15.2. The van der Waals surface area contributed by atoms with Crippen molar-refractivity contribution in [2.75, 3.05) is 12.4 Å². The Labute approximate surface area is 152 Å². The maximum atomic E-state index is 5.64. The summed E-state index contributed by atoms with van der Waals surface area (Å²) < 4.78 is 0. The predicted molar refractivity (Wildman–Crippen MR) is 109 cm³/mol. The van der Waals surface area contributed by atoms with Crippen LogP contribution < -0.4 is 11.1 Å². The number of hydrogen-bond acceptors (Lipinski definition) is 3. The first-order valence-corrected chi connectivity index (χ1v) is 9.00. The number of nitrogens with zero attached hydrogens (tertiary/aromatic N) is 1. The Hall–Kier alpha value is -2.42. The molecule has 2 aromatic carbocycles. The molecule has 3 heteroatoms. The minimum atomic E-state index is 0.0124. The first kappa shape index (κ1) is 18.9. The number of rotatable bonds is 7. The van der Waals surface area contributed by atoms with Crippen LogP contribution >= 0.6 is 0 Å². The second-order valence-corrected chi connectivity index (χ2v) is 7.09. The molecule has 25 heavy (non-hydrogen) atoms. The molecule has 1 unspecified atom stereocenters. The molecule has 0 aliphatic carbocycles. The molecule has 0 spiro atoms. The molecule has 134 valence electrons. The number of benzene rings is 2. The molecule has 1 atom stereocenters. The average Bonchev–Trinajstić information content (AvgIpc) is 2.60. The minimum Gasteiger partial charge on any atom is -0.403 e. The van der Waals surface area contributed by atoms with E-state index in [4.69, 9.17) is 5.73 Å². The summed E-state index contributed by atoms with van der Waals surface area (Å²) >= 11 is 0. The summed E-state index contributed by atoms with van der Waals surface area (Å²) in [6.45, 7) is 8.97. The molecule has 3 nitrogen and oxygen atoms in total. The van der Waals surface area contributed by atoms with Crippen LogP contribution in [0.5, 0.6) is 0 Å². The van der Waals surface area contributed by atoms with E-state index in [9.17, 15) is 0 Å². The third kappa shape index (κ3) is 4.56. The third-order valence-electron chi connectivity index (χ3n) is 4.50. The molecule has 0 heterocycles. The lowest BCUT2D eigenvalue weighted by Crippen LogP contribution is -2.27. The van der Waals surface area contributed by atoms with Gasteiger partial charge in [-0.3, -0.25) is 0 Å². The maximum absolute atomic E-state index is 5.64. The minimum absolute atomic E-state index is 0.0124. The number of para-hydroxylation sites is 1. The smallest absolute Gasteiger partial charge is 0.125 e. The van der Waals surface area contributed by atoms with E-state index in [0.717, 1.165) is 0 Å². The van der Waals surface area contributed by atoms with Gasteiger partial charge in [-0.15, -0.1) is 0 Å². The highest BCUT2D eigenvalue weighted by molar-refractivity contribution is 5.61. The van der Waals surface area contributed by atoms with Crippen LogP contribution in [-0.2, 0) is 0 Å². The lowest BCUT2D eigenvalue weighted by atomic mass is 9.92. The Morgan fingerprint density at radius 3 is 1.92 bits per heavy atom. The van der Waals surface area contributed by atoms with Gasteiger partial charge in [0, 0.05) is 25.1 Å². The molecule has 0 aliphatic heterocycles. The quantitative estimate of drug-likeness (QED) is 0.664. The van der Waals surface area contributed by atoms with Gasteiger partial charge in [-0.05, 0) is 28.5 Å². The summed E-state index contributed by atoms with van der Waals surface area (Å²) in [6, 6.07) is 17.1. The van der Waals surface area contributed by atoms with Crippen molar-refractivity contribution in [1.82, 2.24) is 4.90 Å². The molecule has 0 saturated carbocycles. The number of hydrogen-bond donors (Lipinski definition) is 2. The van der Waals surface area contributed by atoms with E-state index in [1.807, 2.05) is 19.3 Å². The van der Waals surface area contributed by atoms with Gasteiger partial charge in [0.15, 0.2) is 0 Å². The molecule has 0 aliphatic rings. The van der Waals surface area contributed by atoms with Crippen molar-refractivity contribution in [3.63, 3.8) is 0 Å². The van der Waals surface area contributed by atoms with E-state index in [0.29, 0.717) is 11.8 Å². The Morgan fingerprint density at radius 2 is 1.44 bits per heavy atom. The standard InChI is InChI=1S/C22H31N3/c1-16(2)19-12-9-13-20(17(3)4)21(19)24-22(25(5)15-14-23)18-10-7-6-8-11-18/h6-17,22,24H,23H2,1-5H3/b15-14+. The van der Waals surface area contributed by atoms with E-state index in [2.05, 4.69) is 80.4 Å². The normalized spacial score (nSPS) is 12.8. The van der Waals surface area contributed by atoms with Crippen LogP contribution in [0.2, 0.25) is 0 Å². The highest BCUT2D eigenvalue weighted by Gasteiger charge is 2.20.